The third-order valence-corrected chi connectivity index (χ3v) is 4.25. The van der Waals surface area contributed by atoms with E-state index in [-0.39, 0.29) is 6.61 Å². The molecule has 6 nitrogen and oxygen atoms in total. The molecular weight excluding hydrogens is 383 g/mol. The fourth-order valence-corrected chi connectivity index (χ4v) is 2.87. The molecule has 1 N–H and O–H groups in total. The molecule has 0 saturated heterocycles. The van der Waals surface area contributed by atoms with Gasteiger partial charge in [0, 0.05) is 25.1 Å². The molecule has 3 aromatic heterocycles. The van der Waals surface area contributed by atoms with E-state index >= 15 is 0 Å². The Kier molecular flexibility index (Phi) is 6.36. The van der Waals surface area contributed by atoms with Crippen molar-refractivity contribution in [3.05, 3.63) is 47.5 Å². The molecule has 0 unspecified atom stereocenters. The Morgan fingerprint density at radius 2 is 2.03 bits per heavy atom. The highest BCUT2D eigenvalue weighted by Crippen LogP contribution is 2.21. The van der Waals surface area contributed by atoms with Gasteiger partial charge in [-0.15, -0.1) is 0 Å². The van der Waals surface area contributed by atoms with Crippen LogP contribution in [-0.4, -0.2) is 39.1 Å². The molecule has 3 rings (SSSR count). The molecule has 3 aromatic rings. The molecule has 0 bridgehead atoms. The van der Waals surface area contributed by atoms with E-state index in [0.29, 0.717) is 18.2 Å². The highest BCUT2D eigenvalue weighted by Gasteiger charge is 2.27. The van der Waals surface area contributed by atoms with Crippen molar-refractivity contribution in [1.29, 1.82) is 0 Å². The number of hydrogen-bond donors (Lipinski definition) is 1. The van der Waals surface area contributed by atoms with E-state index in [1.165, 1.54) is 0 Å². The third-order valence-electron chi connectivity index (χ3n) is 4.25. The Morgan fingerprint density at radius 3 is 2.72 bits per heavy atom. The first kappa shape index (κ1) is 21.0. The lowest BCUT2D eigenvalue weighted by atomic mass is 10.1. The second kappa shape index (κ2) is 8.77. The van der Waals surface area contributed by atoms with Crippen LogP contribution in [0.3, 0.4) is 0 Å². The molecule has 0 amide bonds. The minimum atomic E-state index is -4.34. The number of fused-ring (bicyclic) bond motifs is 1. The molecule has 0 spiro atoms. The highest BCUT2D eigenvalue weighted by molar-refractivity contribution is 5.88. The lowest BCUT2D eigenvalue weighted by molar-refractivity contribution is -0.176. The zero-order valence-electron chi connectivity index (χ0n) is 16.6. The molecule has 0 aliphatic carbocycles. The predicted octanol–water partition coefficient (Wildman–Crippen LogP) is 4.33. The van der Waals surface area contributed by atoms with Crippen LogP contribution >= 0.6 is 0 Å². The van der Waals surface area contributed by atoms with E-state index in [1.807, 2.05) is 23.0 Å². The lowest BCUT2D eigenvalue weighted by Gasteiger charge is -2.10. The molecule has 0 radical (unpaired) electrons. The summed E-state index contributed by atoms with van der Waals surface area (Å²) in [4.78, 5) is 8.66. The smallest absolute Gasteiger partial charge is 0.369 e. The third kappa shape index (κ3) is 5.90. The maximum atomic E-state index is 12.2. The van der Waals surface area contributed by atoms with Crippen molar-refractivity contribution >= 4 is 16.7 Å². The number of nitrogens with one attached hydrogen (secondary N) is 1. The van der Waals surface area contributed by atoms with Crippen molar-refractivity contribution in [2.24, 2.45) is 5.92 Å². The largest absolute Gasteiger partial charge is 0.411 e. The average molecular weight is 407 g/mol. The fraction of sp³-hybridized carbons (Fsp3) is 0.450. The molecule has 0 fully saturated rings. The van der Waals surface area contributed by atoms with Gasteiger partial charge >= 0.3 is 6.18 Å². The first-order valence-corrected chi connectivity index (χ1v) is 9.36. The van der Waals surface area contributed by atoms with Crippen molar-refractivity contribution < 1.29 is 17.9 Å². The normalized spacial score (nSPS) is 12.1. The van der Waals surface area contributed by atoms with Crippen LogP contribution in [0.4, 0.5) is 19.0 Å². The Labute approximate surface area is 167 Å². The Morgan fingerprint density at radius 1 is 1.24 bits per heavy atom. The molecule has 29 heavy (non-hydrogen) atoms. The van der Waals surface area contributed by atoms with Crippen molar-refractivity contribution in [3.63, 3.8) is 0 Å². The van der Waals surface area contributed by atoms with Crippen LogP contribution in [0.25, 0.3) is 10.9 Å². The Balaban J connectivity index is 1.70. The summed E-state index contributed by atoms with van der Waals surface area (Å²) in [5, 5.41) is 8.86. The van der Waals surface area contributed by atoms with Gasteiger partial charge in [-0.2, -0.15) is 18.3 Å². The molecule has 0 aromatic carbocycles. The van der Waals surface area contributed by atoms with Gasteiger partial charge in [0.25, 0.3) is 0 Å². The van der Waals surface area contributed by atoms with Crippen molar-refractivity contribution in [2.75, 3.05) is 18.5 Å². The monoisotopic (exact) mass is 407 g/mol. The van der Waals surface area contributed by atoms with Crippen LogP contribution in [0.15, 0.2) is 30.7 Å². The van der Waals surface area contributed by atoms with Crippen LogP contribution < -0.4 is 5.32 Å². The van der Waals surface area contributed by atoms with E-state index in [1.54, 1.807) is 19.3 Å². The van der Waals surface area contributed by atoms with E-state index in [4.69, 9.17) is 4.74 Å². The van der Waals surface area contributed by atoms with Gasteiger partial charge in [0.15, 0.2) is 0 Å². The number of hydrogen-bond acceptors (Lipinski definition) is 5. The summed E-state index contributed by atoms with van der Waals surface area (Å²) in [6.45, 7) is 5.92. The zero-order valence-corrected chi connectivity index (χ0v) is 16.6. The van der Waals surface area contributed by atoms with Crippen LogP contribution in [0, 0.1) is 12.8 Å². The van der Waals surface area contributed by atoms with Crippen LogP contribution in [0.1, 0.15) is 30.7 Å². The number of ether oxygens (including phenoxy) is 1. The quantitative estimate of drug-likeness (QED) is 0.602. The summed E-state index contributed by atoms with van der Waals surface area (Å²) >= 11 is 0. The lowest BCUT2D eigenvalue weighted by Crippen LogP contribution is -2.17. The SMILES string of the molecule is Cc1cc(Cn2cc3c(NCC(C)C)nccc3n2)cnc1COCC(F)(F)F. The number of rotatable bonds is 8. The summed E-state index contributed by atoms with van der Waals surface area (Å²) in [5.41, 5.74) is 3.02. The maximum Gasteiger partial charge on any atom is 0.411 e. The molecule has 0 aliphatic heterocycles. The van der Waals surface area contributed by atoms with Gasteiger partial charge < -0.3 is 10.1 Å². The molecule has 0 atom stereocenters. The first-order valence-electron chi connectivity index (χ1n) is 9.36. The minimum absolute atomic E-state index is 0.173. The van der Waals surface area contributed by atoms with Gasteiger partial charge in [-0.05, 0) is 30.0 Å². The van der Waals surface area contributed by atoms with Crippen LogP contribution in [0.5, 0.6) is 0 Å². The molecule has 3 heterocycles. The van der Waals surface area contributed by atoms with Gasteiger partial charge in [0.05, 0.1) is 29.7 Å². The van der Waals surface area contributed by atoms with E-state index in [2.05, 4.69) is 34.2 Å². The van der Waals surface area contributed by atoms with Crippen molar-refractivity contribution in [3.8, 4) is 0 Å². The second-order valence-corrected chi connectivity index (χ2v) is 7.41. The van der Waals surface area contributed by atoms with E-state index in [9.17, 15) is 13.2 Å². The number of anilines is 1. The first-order chi connectivity index (χ1) is 13.7. The molecule has 9 heteroatoms. The number of alkyl halides is 3. The minimum Gasteiger partial charge on any atom is -0.369 e. The van der Waals surface area contributed by atoms with E-state index in [0.717, 1.165) is 34.4 Å². The molecular formula is C20H24F3N5O. The second-order valence-electron chi connectivity index (χ2n) is 7.41. The maximum absolute atomic E-state index is 12.2. The topological polar surface area (TPSA) is 64.9 Å². The number of nitrogens with zero attached hydrogens (tertiary/aromatic N) is 4. The summed E-state index contributed by atoms with van der Waals surface area (Å²) in [5.74, 6) is 1.30. The number of aryl methyl sites for hydroxylation is 1. The highest BCUT2D eigenvalue weighted by atomic mass is 19.4. The van der Waals surface area contributed by atoms with Crippen molar-refractivity contribution in [1.82, 2.24) is 19.7 Å². The number of aromatic nitrogens is 4. The summed E-state index contributed by atoms with van der Waals surface area (Å²) in [7, 11) is 0. The summed E-state index contributed by atoms with van der Waals surface area (Å²) in [6, 6.07) is 3.75. The van der Waals surface area contributed by atoms with Crippen LogP contribution in [0.2, 0.25) is 0 Å². The number of halogens is 3. The van der Waals surface area contributed by atoms with Gasteiger partial charge in [-0.3, -0.25) is 9.67 Å². The summed E-state index contributed by atoms with van der Waals surface area (Å²) < 4.78 is 43.1. The zero-order chi connectivity index (χ0) is 21.0. The standard InChI is InChI=1S/C20H24F3N5O/c1-13(2)7-26-19-16-10-28(27-17(16)4-5-24-19)9-15-6-14(3)18(25-8-15)11-29-12-20(21,22)23/h4-6,8,10,13H,7,9,11-12H2,1-3H3,(H,24,26). The van der Waals surface area contributed by atoms with E-state index < -0.39 is 12.8 Å². The predicted molar refractivity (Wildman–Crippen MR) is 105 cm³/mol. The van der Waals surface area contributed by atoms with Gasteiger partial charge in [-0.25, -0.2) is 4.98 Å². The van der Waals surface area contributed by atoms with Gasteiger partial charge in [0.1, 0.15) is 12.4 Å². The molecule has 156 valence electrons. The number of pyridine rings is 2. The fourth-order valence-electron chi connectivity index (χ4n) is 2.87. The molecule has 0 aliphatic rings. The Bertz CT molecular complexity index is 968. The molecule has 0 saturated carbocycles. The summed E-state index contributed by atoms with van der Waals surface area (Å²) in [6.07, 6.45) is 0.958. The average Bonchev–Trinajstić information content (AvgIpc) is 3.03. The van der Waals surface area contributed by atoms with Crippen LogP contribution in [-0.2, 0) is 17.9 Å². The van der Waals surface area contributed by atoms with Gasteiger partial charge in [-0.1, -0.05) is 19.9 Å². The van der Waals surface area contributed by atoms with Crippen molar-refractivity contribution in [2.45, 2.75) is 40.1 Å². The van der Waals surface area contributed by atoms with Gasteiger partial charge in [0.2, 0.25) is 0 Å². The Hall–Kier alpha value is -2.68.